The van der Waals surface area contributed by atoms with Crippen LogP contribution in [0.5, 0.6) is 0 Å². The van der Waals surface area contributed by atoms with Gasteiger partial charge in [0.05, 0.1) is 6.21 Å². The minimum absolute atomic E-state index is 0.833. The minimum Gasteiger partial charge on any atom is -0.373 e. The van der Waals surface area contributed by atoms with Crippen LogP contribution in [-0.2, 0) is 4.84 Å². The van der Waals surface area contributed by atoms with Gasteiger partial charge in [-0.15, -0.1) is 5.59 Å². The zero-order valence-electron chi connectivity index (χ0n) is 5.15. The Bertz CT molecular complexity index is 137. The lowest BCUT2D eigenvalue weighted by molar-refractivity contribution is 0.136. The number of carbonyl (C=O) groups is 1. The standard InChI is InChI=1S/C3H4N2O.CH4N2O/c1-2-4-5-6-3-1;2-1(3)4/h1-3,5H;(H4,2,3,4). The molecular formula is C4H8N4O2. The number of rotatable bonds is 0. The summed E-state index contributed by atoms with van der Waals surface area (Å²) in [5.41, 5.74) is 10.8. The maximum absolute atomic E-state index is 9.00. The van der Waals surface area contributed by atoms with E-state index in [1.54, 1.807) is 12.3 Å². The maximum Gasteiger partial charge on any atom is 0.309 e. The van der Waals surface area contributed by atoms with Gasteiger partial charge in [-0.3, -0.25) is 0 Å². The fraction of sp³-hybridized carbons (Fsp3) is 0. The number of allylic oxidation sites excluding steroid dienone is 1. The molecule has 0 aromatic heterocycles. The molecule has 0 atom stereocenters. The first-order valence-corrected chi connectivity index (χ1v) is 2.37. The van der Waals surface area contributed by atoms with Crippen molar-refractivity contribution < 1.29 is 9.63 Å². The van der Waals surface area contributed by atoms with Crippen LogP contribution in [0.15, 0.2) is 17.4 Å². The first-order valence-electron chi connectivity index (χ1n) is 2.37. The van der Waals surface area contributed by atoms with E-state index in [4.69, 9.17) is 4.79 Å². The molecule has 0 unspecified atom stereocenters. The smallest absolute Gasteiger partial charge is 0.309 e. The van der Waals surface area contributed by atoms with Gasteiger partial charge in [0.2, 0.25) is 0 Å². The Morgan fingerprint density at radius 1 is 1.60 bits per heavy atom. The van der Waals surface area contributed by atoms with Crippen molar-refractivity contribution in [2.45, 2.75) is 0 Å². The second-order valence-electron chi connectivity index (χ2n) is 1.22. The Morgan fingerprint density at radius 2 is 2.20 bits per heavy atom. The fourth-order valence-electron chi connectivity index (χ4n) is 0.209. The van der Waals surface area contributed by atoms with E-state index in [9.17, 15) is 0 Å². The number of nitrogens with one attached hydrogen (secondary N) is 1. The van der Waals surface area contributed by atoms with Crippen LogP contribution >= 0.6 is 0 Å². The molecule has 0 spiro atoms. The summed E-state index contributed by atoms with van der Waals surface area (Å²) >= 11 is 0. The molecule has 1 heterocycles. The Labute approximate surface area is 57.5 Å². The lowest BCUT2D eigenvalue weighted by Gasteiger charge is -1.96. The normalized spacial score (nSPS) is 12.0. The Kier molecular flexibility index (Phi) is 4.49. The number of hydrogen-bond acceptors (Lipinski definition) is 4. The lowest BCUT2D eigenvalue weighted by atomic mass is 10.7. The molecule has 1 aliphatic rings. The van der Waals surface area contributed by atoms with Crippen LogP contribution in [0.2, 0.25) is 0 Å². The predicted octanol–water partition coefficient (Wildman–Crippen LogP) is -0.956. The summed E-state index contributed by atoms with van der Waals surface area (Å²) in [6.45, 7) is 0. The highest BCUT2D eigenvalue weighted by molar-refractivity contribution is 5.70. The number of primary amides is 2. The summed E-state index contributed by atoms with van der Waals surface area (Å²) in [5.74, 6) is 0. The topological polar surface area (TPSA) is 103 Å². The van der Waals surface area contributed by atoms with Gasteiger partial charge >= 0.3 is 6.03 Å². The van der Waals surface area contributed by atoms with Crippen LogP contribution < -0.4 is 17.1 Å². The molecule has 0 saturated heterocycles. The van der Waals surface area contributed by atoms with Crippen molar-refractivity contribution in [3.8, 4) is 0 Å². The highest BCUT2D eigenvalue weighted by Crippen LogP contribution is 1.74. The van der Waals surface area contributed by atoms with Gasteiger partial charge in [0.25, 0.3) is 0 Å². The molecule has 0 aromatic carbocycles. The summed E-state index contributed by atoms with van der Waals surface area (Å²) in [6, 6.07) is -0.833. The van der Waals surface area contributed by atoms with Gasteiger partial charge < -0.3 is 16.3 Å². The molecular weight excluding hydrogens is 136 g/mol. The number of nitrogens with zero attached hydrogens (tertiary/aromatic N) is 1. The molecule has 1 aliphatic heterocycles. The first kappa shape index (κ1) is 8.28. The quantitative estimate of drug-likeness (QED) is 0.408. The molecule has 10 heavy (non-hydrogen) atoms. The van der Waals surface area contributed by atoms with Crippen molar-refractivity contribution in [2.24, 2.45) is 16.6 Å². The van der Waals surface area contributed by atoms with Crippen molar-refractivity contribution in [3.05, 3.63) is 12.3 Å². The van der Waals surface area contributed by atoms with Crippen molar-refractivity contribution in [2.75, 3.05) is 0 Å². The molecule has 56 valence electrons. The first-order chi connectivity index (χ1) is 4.73. The molecule has 2 amide bonds. The third-order valence-electron chi connectivity index (χ3n) is 0.413. The summed E-state index contributed by atoms with van der Waals surface area (Å²) in [6.07, 6.45) is 4.80. The highest BCUT2D eigenvalue weighted by atomic mass is 16.7. The molecule has 6 heteroatoms. The molecule has 1 rings (SSSR count). The monoisotopic (exact) mass is 144 g/mol. The Hall–Kier alpha value is -1.72. The number of hydrazone groups is 1. The van der Waals surface area contributed by atoms with Gasteiger partial charge in [-0.1, -0.05) is 0 Å². The van der Waals surface area contributed by atoms with E-state index in [-0.39, 0.29) is 0 Å². The average Bonchev–Trinajstić information content (AvgIpc) is 1.90. The van der Waals surface area contributed by atoms with Crippen LogP contribution in [0.3, 0.4) is 0 Å². The van der Waals surface area contributed by atoms with E-state index in [1.165, 1.54) is 6.26 Å². The van der Waals surface area contributed by atoms with Crippen molar-refractivity contribution >= 4 is 12.2 Å². The van der Waals surface area contributed by atoms with Crippen LogP contribution in [-0.4, -0.2) is 12.2 Å². The number of amides is 2. The summed E-state index contributed by atoms with van der Waals surface area (Å²) < 4.78 is 0. The van der Waals surface area contributed by atoms with E-state index in [0.29, 0.717) is 0 Å². The minimum atomic E-state index is -0.833. The van der Waals surface area contributed by atoms with E-state index >= 15 is 0 Å². The molecule has 0 fully saturated rings. The molecule has 6 nitrogen and oxygen atoms in total. The third kappa shape index (κ3) is 9.56. The summed E-state index contributed by atoms with van der Waals surface area (Å²) in [4.78, 5) is 13.4. The van der Waals surface area contributed by atoms with Crippen molar-refractivity contribution in [3.63, 3.8) is 0 Å². The predicted molar refractivity (Wildman–Crippen MR) is 35.6 cm³/mol. The van der Waals surface area contributed by atoms with Crippen molar-refractivity contribution in [1.29, 1.82) is 0 Å². The van der Waals surface area contributed by atoms with Crippen LogP contribution in [0.1, 0.15) is 0 Å². The third-order valence-corrected chi connectivity index (χ3v) is 0.413. The Balaban J connectivity index is 0.000000180. The zero-order valence-corrected chi connectivity index (χ0v) is 5.15. The summed E-state index contributed by atoms with van der Waals surface area (Å²) in [5, 5.41) is 3.49. The van der Waals surface area contributed by atoms with Gasteiger partial charge in [-0.2, -0.15) is 5.10 Å². The van der Waals surface area contributed by atoms with Crippen LogP contribution in [0, 0.1) is 0 Å². The largest absolute Gasteiger partial charge is 0.373 e. The van der Waals surface area contributed by atoms with Gasteiger partial charge in [0.15, 0.2) is 0 Å². The van der Waals surface area contributed by atoms with Gasteiger partial charge in [-0.25, -0.2) is 4.79 Å². The van der Waals surface area contributed by atoms with Crippen LogP contribution in [0.4, 0.5) is 4.79 Å². The molecule has 0 bridgehead atoms. The Morgan fingerprint density at radius 3 is 2.30 bits per heavy atom. The maximum atomic E-state index is 9.00. The number of carbonyl (C=O) groups excluding carboxylic acids is 1. The second kappa shape index (κ2) is 5.42. The SMILES string of the molecule is C1=CONN=C1.NC(N)=O. The van der Waals surface area contributed by atoms with E-state index < -0.39 is 6.03 Å². The lowest BCUT2D eigenvalue weighted by Crippen LogP contribution is -2.18. The van der Waals surface area contributed by atoms with Gasteiger partial charge in [0, 0.05) is 0 Å². The highest BCUT2D eigenvalue weighted by Gasteiger charge is 1.73. The molecule has 0 saturated carbocycles. The van der Waals surface area contributed by atoms with Crippen molar-refractivity contribution in [1.82, 2.24) is 5.59 Å². The molecule has 5 N–H and O–H groups in total. The van der Waals surface area contributed by atoms with Crippen LogP contribution in [0.25, 0.3) is 0 Å². The van der Waals surface area contributed by atoms with E-state index in [0.717, 1.165) is 0 Å². The summed E-state index contributed by atoms with van der Waals surface area (Å²) in [7, 11) is 0. The van der Waals surface area contributed by atoms with Gasteiger partial charge in [0.1, 0.15) is 6.26 Å². The molecule has 0 radical (unpaired) electrons. The fourth-order valence-corrected chi connectivity index (χ4v) is 0.209. The molecule has 0 aromatic rings. The number of hydrogen-bond donors (Lipinski definition) is 3. The average molecular weight is 144 g/mol. The number of nitrogens with two attached hydrogens (primary N) is 2. The zero-order chi connectivity index (χ0) is 7.82. The second-order valence-corrected chi connectivity index (χ2v) is 1.22. The number of urea groups is 1. The van der Waals surface area contributed by atoms with E-state index in [2.05, 4.69) is 27.0 Å². The molecule has 0 aliphatic carbocycles. The van der Waals surface area contributed by atoms with Gasteiger partial charge in [-0.05, 0) is 6.08 Å². The van der Waals surface area contributed by atoms with E-state index in [1.807, 2.05) is 0 Å².